The van der Waals surface area contributed by atoms with Crippen LogP contribution in [0.4, 0.5) is 0 Å². The van der Waals surface area contributed by atoms with Crippen LogP contribution in [0.25, 0.3) is 0 Å². The zero-order valence-electron chi connectivity index (χ0n) is 17.1. The molecule has 0 aromatic heterocycles. The molecule has 3 aliphatic rings. The molecule has 3 fully saturated rings. The molecule has 0 bridgehead atoms. The van der Waals surface area contributed by atoms with Gasteiger partial charge in [-0.2, -0.15) is 0 Å². The maximum absolute atomic E-state index is 6.03. The summed E-state index contributed by atoms with van der Waals surface area (Å²) in [6, 6.07) is 0. The first-order chi connectivity index (χ1) is 12.9. The molecule has 28 heavy (non-hydrogen) atoms. The van der Waals surface area contributed by atoms with Gasteiger partial charge in [0.1, 0.15) is 0 Å². The van der Waals surface area contributed by atoms with Gasteiger partial charge < -0.3 is 28.4 Å². The summed E-state index contributed by atoms with van der Waals surface area (Å²) in [5.74, 6) is 0. The smallest absolute Gasteiger partial charge is 0.377 e. The van der Waals surface area contributed by atoms with Gasteiger partial charge in [0.2, 0.25) is 0 Å². The molecule has 4 unspecified atom stereocenters. The average Bonchev–Trinajstić information content (AvgIpc) is 2.68. The summed E-state index contributed by atoms with van der Waals surface area (Å²) in [7, 11) is 0. The van der Waals surface area contributed by atoms with Crippen molar-refractivity contribution in [2.45, 2.75) is 75.8 Å². The van der Waals surface area contributed by atoms with Crippen molar-refractivity contribution in [2.75, 3.05) is 52.9 Å². The quantitative estimate of drug-likeness (QED) is 0.430. The fraction of sp³-hybridized carbons (Fsp3) is 1.00. The minimum Gasteiger partial charge on any atom is -0.377 e. The van der Waals surface area contributed by atoms with E-state index in [0.717, 1.165) is 25.7 Å². The van der Waals surface area contributed by atoms with Crippen molar-refractivity contribution in [3.8, 4) is 0 Å². The van der Waals surface area contributed by atoms with Crippen LogP contribution in [0.3, 0.4) is 0 Å². The van der Waals surface area contributed by atoms with Gasteiger partial charge in [-0.25, -0.2) is 0 Å². The van der Waals surface area contributed by atoms with E-state index in [1.165, 1.54) is 25.7 Å². The molecule has 0 radical (unpaired) electrons. The van der Waals surface area contributed by atoms with Gasteiger partial charge in [0, 0.05) is 0 Å². The molecule has 0 spiro atoms. The number of rotatable bonds is 0. The van der Waals surface area contributed by atoms with E-state index in [0.29, 0.717) is 52.9 Å². The van der Waals surface area contributed by atoms with Gasteiger partial charge in [0.15, 0.2) is 0 Å². The molecule has 0 N–H and O–H groups in total. The molecule has 2 aliphatic carbocycles. The van der Waals surface area contributed by atoms with E-state index in [1.807, 2.05) is 0 Å². The van der Waals surface area contributed by atoms with Crippen molar-refractivity contribution in [1.29, 1.82) is 0 Å². The minimum atomic E-state index is 0. The van der Waals surface area contributed by atoms with Crippen molar-refractivity contribution in [3.05, 3.63) is 0 Å². The van der Waals surface area contributed by atoms with Crippen LogP contribution in [0.2, 0.25) is 0 Å². The largest absolute Gasteiger partial charge is 1.00 e. The number of fused-ring (bicyclic) bond motifs is 2. The summed E-state index contributed by atoms with van der Waals surface area (Å²) in [5.41, 5.74) is 0. The van der Waals surface area contributed by atoms with Gasteiger partial charge in [0.25, 0.3) is 0 Å². The third kappa shape index (κ3) is 10.2. The van der Waals surface area contributed by atoms with Crippen LogP contribution >= 0.6 is 0 Å². The third-order valence-electron chi connectivity index (χ3n) is 5.52. The number of ether oxygens (including phenoxy) is 6. The van der Waals surface area contributed by atoms with Crippen LogP contribution in [-0.2, 0) is 28.4 Å². The van der Waals surface area contributed by atoms with Gasteiger partial charge >= 0.3 is 51.4 Å². The van der Waals surface area contributed by atoms with E-state index in [4.69, 9.17) is 28.4 Å². The van der Waals surface area contributed by atoms with Crippen LogP contribution in [0.5, 0.6) is 0 Å². The molecule has 1 aliphatic heterocycles. The molecule has 3 rings (SSSR count). The Morgan fingerprint density at radius 2 is 0.643 bits per heavy atom. The Hall–Kier alpha value is 1.46. The van der Waals surface area contributed by atoms with Crippen LogP contribution in [0, 0.1) is 0 Å². The zero-order chi connectivity index (χ0) is 17.9. The Morgan fingerprint density at radius 3 is 0.893 bits per heavy atom. The molecular formula is C20H40BKO6. The summed E-state index contributed by atoms with van der Waals surface area (Å²) < 4.78 is 35.5. The maximum atomic E-state index is 6.03. The predicted molar refractivity (Wildman–Crippen MR) is 109 cm³/mol. The molecule has 2 saturated carbocycles. The van der Waals surface area contributed by atoms with Crippen molar-refractivity contribution < 1.29 is 79.8 Å². The monoisotopic (exact) mass is 426 g/mol. The van der Waals surface area contributed by atoms with E-state index >= 15 is 0 Å². The van der Waals surface area contributed by atoms with E-state index in [-0.39, 0.29) is 84.2 Å². The predicted octanol–water partition coefficient (Wildman–Crippen LogP) is -1.73. The number of hydrogen-bond acceptors (Lipinski definition) is 6. The summed E-state index contributed by atoms with van der Waals surface area (Å²) >= 11 is 0. The van der Waals surface area contributed by atoms with Gasteiger partial charge in [-0.3, -0.25) is 0 Å². The topological polar surface area (TPSA) is 55.4 Å². The zero-order valence-corrected chi connectivity index (χ0v) is 20.2. The second kappa shape index (κ2) is 17.1. The van der Waals surface area contributed by atoms with Crippen LogP contribution < -0.4 is 51.4 Å². The first kappa shape index (κ1) is 27.5. The first-order valence-electron chi connectivity index (χ1n) is 10.6. The molecule has 6 nitrogen and oxygen atoms in total. The molecule has 0 aromatic rings. The number of hydrogen-bond donors (Lipinski definition) is 0. The van der Waals surface area contributed by atoms with Crippen LogP contribution in [-0.4, -0.2) is 85.7 Å². The summed E-state index contributed by atoms with van der Waals surface area (Å²) in [6.45, 7) is 4.93. The second-order valence-electron chi connectivity index (χ2n) is 7.43. The Bertz CT molecular complexity index is 313. The van der Waals surface area contributed by atoms with Crippen LogP contribution in [0.15, 0.2) is 0 Å². The van der Waals surface area contributed by atoms with Crippen molar-refractivity contribution in [2.24, 2.45) is 0 Å². The molecule has 1 saturated heterocycles. The van der Waals surface area contributed by atoms with Crippen LogP contribution in [0.1, 0.15) is 51.4 Å². The molecule has 8 heteroatoms. The Labute approximate surface area is 215 Å². The standard InChI is InChI=1S/C20H36O6.BH4.K/c1-2-6-18-17(5-1)23-13-9-21-11-15-25-19-7-3-4-8-20(19)26-16-12-22-10-14-24-18;;/h17-20H,1-16H2;1H4;/q;-1;+1. The van der Waals surface area contributed by atoms with E-state index < -0.39 is 0 Å². The third-order valence-corrected chi connectivity index (χ3v) is 5.52. The van der Waals surface area contributed by atoms with Crippen molar-refractivity contribution in [1.82, 2.24) is 0 Å². The van der Waals surface area contributed by atoms with Gasteiger partial charge in [-0.05, 0) is 25.7 Å². The SMILES string of the molecule is C1CCC2OCCOCCOC3CCCCC3OCCOCCOC2C1.[BH4-].[K+]. The first-order valence-corrected chi connectivity index (χ1v) is 10.6. The molecule has 160 valence electrons. The van der Waals surface area contributed by atoms with Crippen molar-refractivity contribution >= 4 is 8.41 Å². The molecule has 1 heterocycles. The van der Waals surface area contributed by atoms with E-state index in [2.05, 4.69) is 0 Å². The maximum Gasteiger partial charge on any atom is 1.00 e. The Morgan fingerprint density at radius 1 is 0.393 bits per heavy atom. The summed E-state index contributed by atoms with van der Waals surface area (Å²) in [6.07, 6.45) is 9.93. The molecular weight excluding hydrogens is 386 g/mol. The molecule has 0 amide bonds. The van der Waals surface area contributed by atoms with E-state index in [9.17, 15) is 0 Å². The minimum absolute atomic E-state index is 0. The van der Waals surface area contributed by atoms with Crippen molar-refractivity contribution in [3.63, 3.8) is 0 Å². The van der Waals surface area contributed by atoms with E-state index in [1.54, 1.807) is 0 Å². The Kier molecular flexibility index (Phi) is 16.8. The van der Waals surface area contributed by atoms with Gasteiger partial charge in [-0.1, -0.05) is 34.1 Å². The van der Waals surface area contributed by atoms with Gasteiger partial charge in [-0.15, -0.1) is 0 Å². The Balaban J connectivity index is 0.00000196. The fourth-order valence-corrected chi connectivity index (χ4v) is 4.13. The normalized spacial score (nSPS) is 34.3. The molecule has 0 aromatic carbocycles. The fourth-order valence-electron chi connectivity index (χ4n) is 4.13. The average molecular weight is 426 g/mol. The molecule has 4 atom stereocenters. The summed E-state index contributed by atoms with van der Waals surface area (Å²) in [4.78, 5) is 0. The summed E-state index contributed by atoms with van der Waals surface area (Å²) in [5, 5.41) is 0. The van der Waals surface area contributed by atoms with Gasteiger partial charge in [0.05, 0.1) is 77.3 Å². The second-order valence-corrected chi connectivity index (χ2v) is 7.43.